The molecule has 0 spiro atoms. The lowest BCUT2D eigenvalue weighted by molar-refractivity contribution is -0.117. The third-order valence-corrected chi connectivity index (χ3v) is 5.95. The third kappa shape index (κ3) is 23.4. The van der Waals surface area contributed by atoms with Gasteiger partial charge in [0.25, 0.3) is 0 Å². The standard InChI is InChI=1S/C27H53NO/c1-4-5-6-7-8-9-10-11-12-13-14-15-16-17-18-19-20-21-22-23-24-25-28-27(29)26(2)3/h2,4-25H2,1,3H3,(H,28,29). The van der Waals surface area contributed by atoms with E-state index in [4.69, 9.17) is 0 Å². The number of rotatable bonds is 23. The maximum Gasteiger partial charge on any atom is 0.246 e. The Kier molecular flexibility index (Phi) is 22.8. The van der Waals surface area contributed by atoms with Gasteiger partial charge in [0.15, 0.2) is 0 Å². The Hall–Kier alpha value is -0.790. The third-order valence-electron chi connectivity index (χ3n) is 5.95. The molecule has 1 amide bonds. The molecule has 0 saturated heterocycles. The van der Waals surface area contributed by atoms with Crippen molar-refractivity contribution in [2.75, 3.05) is 6.54 Å². The molecular weight excluding hydrogens is 354 g/mol. The highest BCUT2D eigenvalue weighted by Crippen LogP contribution is 2.14. The average Bonchev–Trinajstić information content (AvgIpc) is 2.71. The van der Waals surface area contributed by atoms with Gasteiger partial charge < -0.3 is 5.32 Å². The second-order valence-electron chi connectivity index (χ2n) is 9.11. The Labute approximate surface area is 183 Å². The maximum atomic E-state index is 11.3. The van der Waals surface area contributed by atoms with Gasteiger partial charge in [0.1, 0.15) is 0 Å². The van der Waals surface area contributed by atoms with Crippen molar-refractivity contribution in [2.45, 2.75) is 149 Å². The summed E-state index contributed by atoms with van der Waals surface area (Å²) < 4.78 is 0. The quantitative estimate of drug-likeness (QED) is 0.133. The monoisotopic (exact) mass is 407 g/mol. The molecule has 0 fully saturated rings. The molecular formula is C27H53NO. The summed E-state index contributed by atoms with van der Waals surface area (Å²) in [5.41, 5.74) is 0.605. The Morgan fingerprint density at radius 1 is 0.552 bits per heavy atom. The number of nitrogens with one attached hydrogen (secondary N) is 1. The molecule has 0 aromatic carbocycles. The number of carbonyl (C=O) groups excluding carboxylic acids is 1. The summed E-state index contributed by atoms with van der Waals surface area (Å²) in [4.78, 5) is 11.3. The van der Waals surface area contributed by atoms with Gasteiger partial charge in [-0.25, -0.2) is 0 Å². The van der Waals surface area contributed by atoms with Gasteiger partial charge in [0.2, 0.25) is 5.91 Å². The average molecular weight is 408 g/mol. The Balaban J connectivity index is 3.05. The molecule has 0 aromatic rings. The molecule has 0 aromatic heterocycles. The predicted octanol–water partition coefficient (Wildman–Crippen LogP) is 8.89. The molecule has 0 saturated carbocycles. The highest BCUT2D eigenvalue weighted by molar-refractivity contribution is 5.91. The molecule has 0 bridgehead atoms. The van der Waals surface area contributed by atoms with E-state index in [-0.39, 0.29) is 5.91 Å². The van der Waals surface area contributed by atoms with Crippen LogP contribution in [0.3, 0.4) is 0 Å². The van der Waals surface area contributed by atoms with Gasteiger partial charge in [-0.1, -0.05) is 142 Å². The van der Waals surface area contributed by atoms with E-state index in [1.807, 2.05) is 0 Å². The number of hydrogen-bond donors (Lipinski definition) is 1. The van der Waals surface area contributed by atoms with Crippen LogP contribution in [0.15, 0.2) is 12.2 Å². The van der Waals surface area contributed by atoms with Gasteiger partial charge in [0.05, 0.1) is 0 Å². The number of carbonyl (C=O) groups is 1. The number of hydrogen-bond acceptors (Lipinski definition) is 1. The summed E-state index contributed by atoms with van der Waals surface area (Å²) >= 11 is 0. The Bertz CT molecular complexity index is 364. The lowest BCUT2D eigenvalue weighted by atomic mass is 10.0. The molecule has 0 rings (SSSR count). The van der Waals surface area contributed by atoms with Gasteiger partial charge in [-0.05, 0) is 13.3 Å². The summed E-state index contributed by atoms with van der Waals surface area (Å²) in [7, 11) is 0. The second kappa shape index (κ2) is 23.5. The van der Waals surface area contributed by atoms with Crippen molar-refractivity contribution in [1.82, 2.24) is 5.32 Å². The van der Waals surface area contributed by atoms with Crippen LogP contribution in [-0.2, 0) is 4.79 Å². The molecule has 0 unspecified atom stereocenters. The second-order valence-corrected chi connectivity index (χ2v) is 9.11. The first-order valence-electron chi connectivity index (χ1n) is 13.1. The van der Waals surface area contributed by atoms with Crippen LogP contribution in [0.25, 0.3) is 0 Å². The van der Waals surface area contributed by atoms with Crippen LogP contribution in [0.2, 0.25) is 0 Å². The molecule has 1 N–H and O–H groups in total. The molecule has 0 aliphatic rings. The minimum atomic E-state index is -0.00170. The van der Waals surface area contributed by atoms with Crippen LogP contribution in [0, 0.1) is 0 Å². The summed E-state index contributed by atoms with van der Waals surface area (Å²) in [6.07, 6.45) is 29.5. The van der Waals surface area contributed by atoms with Crippen molar-refractivity contribution < 1.29 is 4.79 Å². The van der Waals surface area contributed by atoms with Gasteiger partial charge >= 0.3 is 0 Å². The largest absolute Gasteiger partial charge is 0.352 e. The van der Waals surface area contributed by atoms with Gasteiger partial charge in [-0.3, -0.25) is 4.79 Å². The zero-order valence-corrected chi connectivity index (χ0v) is 20.2. The molecule has 29 heavy (non-hydrogen) atoms. The SMILES string of the molecule is C=C(C)C(=O)NCCCCCCCCCCCCCCCCCCCCCCC. The van der Waals surface area contributed by atoms with E-state index < -0.39 is 0 Å². The number of amides is 1. The van der Waals surface area contributed by atoms with Crippen LogP contribution < -0.4 is 5.32 Å². The fourth-order valence-corrected chi connectivity index (χ4v) is 3.91. The minimum Gasteiger partial charge on any atom is -0.352 e. The Morgan fingerprint density at radius 2 is 0.828 bits per heavy atom. The van der Waals surface area contributed by atoms with Crippen molar-refractivity contribution in [3.8, 4) is 0 Å². The van der Waals surface area contributed by atoms with E-state index in [9.17, 15) is 4.79 Å². The van der Waals surface area contributed by atoms with Gasteiger partial charge in [-0.2, -0.15) is 0 Å². The van der Waals surface area contributed by atoms with Crippen molar-refractivity contribution >= 4 is 5.91 Å². The fourth-order valence-electron chi connectivity index (χ4n) is 3.91. The summed E-state index contributed by atoms with van der Waals surface area (Å²) in [5.74, 6) is -0.00170. The van der Waals surface area contributed by atoms with Crippen LogP contribution >= 0.6 is 0 Å². The fraction of sp³-hybridized carbons (Fsp3) is 0.889. The van der Waals surface area contributed by atoms with Crippen molar-refractivity contribution in [1.29, 1.82) is 0 Å². The first-order valence-corrected chi connectivity index (χ1v) is 13.1. The zero-order valence-electron chi connectivity index (χ0n) is 20.2. The topological polar surface area (TPSA) is 29.1 Å². The lowest BCUT2D eigenvalue weighted by Gasteiger charge is -2.05. The van der Waals surface area contributed by atoms with Crippen molar-refractivity contribution in [3.63, 3.8) is 0 Å². The molecule has 172 valence electrons. The first-order chi connectivity index (χ1) is 14.2. The number of unbranched alkanes of at least 4 members (excludes halogenated alkanes) is 20. The van der Waals surface area contributed by atoms with E-state index in [0.717, 1.165) is 13.0 Å². The summed E-state index contributed by atoms with van der Waals surface area (Å²) in [5, 5.41) is 2.90. The molecule has 0 radical (unpaired) electrons. The summed E-state index contributed by atoms with van der Waals surface area (Å²) in [6.45, 7) is 8.50. The molecule has 2 nitrogen and oxygen atoms in total. The van der Waals surface area contributed by atoms with E-state index in [2.05, 4.69) is 18.8 Å². The van der Waals surface area contributed by atoms with E-state index in [1.54, 1.807) is 6.92 Å². The first kappa shape index (κ1) is 28.2. The minimum absolute atomic E-state index is 0.00170. The summed E-state index contributed by atoms with van der Waals surface area (Å²) in [6, 6.07) is 0. The van der Waals surface area contributed by atoms with Crippen LogP contribution in [0.4, 0.5) is 0 Å². The van der Waals surface area contributed by atoms with E-state index in [1.165, 1.54) is 128 Å². The van der Waals surface area contributed by atoms with Crippen LogP contribution in [0.1, 0.15) is 149 Å². The molecule has 0 aliphatic carbocycles. The van der Waals surface area contributed by atoms with E-state index >= 15 is 0 Å². The zero-order chi connectivity index (χ0) is 21.4. The predicted molar refractivity (Wildman–Crippen MR) is 130 cm³/mol. The highest BCUT2D eigenvalue weighted by Gasteiger charge is 1.99. The van der Waals surface area contributed by atoms with Gasteiger partial charge in [-0.15, -0.1) is 0 Å². The van der Waals surface area contributed by atoms with Crippen molar-refractivity contribution in [2.24, 2.45) is 0 Å². The molecule has 0 heterocycles. The van der Waals surface area contributed by atoms with Crippen LogP contribution in [0.5, 0.6) is 0 Å². The van der Waals surface area contributed by atoms with Gasteiger partial charge in [0, 0.05) is 12.1 Å². The highest BCUT2D eigenvalue weighted by atomic mass is 16.1. The molecule has 0 aliphatic heterocycles. The normalized spacial score (nSPS) is 11.0. The van der Waals surface area contributed by atoms with E-state index in [0.29, 0.717) is 5.57 Å². The Morgan fingerprint density at radius 3 is 1.10 bits per heavy atom. The lowest BCUT2D eigenvalue weighted by Crippen LogP contribution is -2.24. The van der Waals surface area contributed by atoms with Crippen molar-refractivity contribution in [3.05, 3.63) is 12.2 Å². The smallest absolute Gasteiger partial charge is 0.246 e. The molecule has 0 atom stereocenters. The maximum absolute atomic E-state index is 11.3. The van der Waals surface area contributed by atoms with Crippen LogP contribution in [-0.4, -0.2) is 12.5 Å². The molecule has 2 heteroatoms.